The van der Waals surface area contributed by atoms with Gasteiger partial charge in [0.2, 0.25) is 0 Å². The number of aromatic amines is 1. The lowest BCUT2D eigenvalue weighted by Crippen LogP contribution is -1.90. The van der Waals surface area contributed by atoms with Gasteiger partial charge in [0.05, 0.1) is 0 Å². The van der Waals surface area contributed by atoms with Crippen molar-refractivity contribution in [2.45, 2.75) is 45.4 Å². The first-order valence-electron chi connectivity index (χ1n) is 7.09. The highest BCUT2D eigenvalue weighted by atomic mass is 14.7. The predicted octanol–water partition coefficient (Wildman–Crippen LogP) is 4.73. The molecule has 0 saturated carbocycles. The number of aromatic nitrogens is 1. The van der Waals surface area contributed by atoms with Crippen LogP contribution in [0.15, 0.2) is 42.5 Å². The minimum absolute atomic E-state index is 1.01. The molecule has 0 radical (unpaired) electrons. The van der Waals surface area contributed by atoms with Crippen LogP contribution in [0.4, 0.5) is 0 Å². The highest BCUT2D eigenvalue weighted by molar-refractivity contribution is 5.23. The molecule has 0 spiro atoms. The molecular weight excluding hydrogens is 218 g/mol. The van der Waals surface area contributed by atoms with E-state index in [1.165, 1.54) is 49.1 Å². The third-order valence-corrected chi connectivity index (χ3v) is 3.34. The van der Waals surface area contributed by atoms with Crippen molar-refractivity contribution in [1.82, 2.24) is 4.98 Å². The van der Waals surface area contributed by atoms with E-state index in [1.807, 2.05) is 0 Å². The lowest BCUT2D eigenvalue weighted by atomic mass is 10.1. The molecule has 1 heterocycles. The first-order chi connectivity index (χ1) is 8.88. The number of hydrogen-bond acceptors (Lipinski definition) is 0. The van der Waals surface area contributed by atoms with Crippen LogP contribution in [0.2, 0.25) is 0 Å². The van der Waals surface area contributed by atoms with Crippen LogP contribution in [0.5, 0.6) is 0 Å². The summed E-state index contributed by atoms with van der Waals surface area (Å²) in [7, 11) is 0. The predicted molar refractivity (Wildman–Crippen MR) is 77.9 cm³/mol. The van der Waals surface area contributed by atoms with Crippen molar-refractivity contribution in [3.05, 3.63) is 59.4 Å². The van der Waals surface area contributed by atoms with E-state index >= 15 is 0 Å². The Morgan fingerprint density at radius 1 is 0.833 bits per heavy atom. The van der Waals surface area contributed by atoms with E-state index in [2.05, 4.69) is 54.4 Å². The number of hydrogen-bond donors (Lipinski definition) is 1. The van der Waals surface area contributed by atoms with Crippen molar-refractivity contribution in [2.24, 2.45) is 0 Å². The van der Waals surface area contributed by atoms with E-state index in [1.54, 1.807) is 0 Å². The Labute approximate surface area is 110 Å². The molecule has 0 unspecified atom stereocenters. The van der Waals surface area contributed by atoms with E-state index in [4.69, 9.17) is 0 Å². The highest BCUT2D eigenvalue weighted by Gasteiger charge is 2.00. The number of H-pyrrole nitrogens is 1. The van der Waals surface area contributed by atoms with Gasteiger partial charge in [0.25, 0.3) is 0 Å². The first kappa shape index (κ1) is 12.9. The molecule has 0 aliphatic rings. The van der Waals surface area contributed by atoms with Crippen LogP contribution in [0.3, 0.4) is 0 Å². The summed E-state index contributed by atoms with van der Waals surface area (Å²) in [6.45, 7) is 2.26. The van der Waals surface area contributed by atoms with E-state index in [9.17, 15) is 0 Å². The molecule has 1 aromatic heterocycles. The van der Waals surface area contributed by atoms with Crippen LogP contribution in [-0.4, -0.2) is 4.98 Å². The maximum atomic E-state index is 3.54. The van der Waals surface area contributed by atoms with Gasteiger partial charge in [-0.2, -0.15) is 0 Å². The normalized spacial score (nSPS) is 10.7. The number of benzene rings is 1. The Kier molecular flexibility index (Phi) is 5.07. The summed E-state index contributed by atoms with van der Waals surface area (Å²) < 4.78 is 0. The van der Waals surface area contributed by atoms with E-state index in [-0.39, 0.29) is 0 Å². The number of nitrogens with one attached hydrogen (secondary N) is 1. The summed E-state index contributed by atoms with van der Waals surface area (Å²) in [5.41, 5.74) is 4.08. The lowest BCUT2D eigenvalue weighted by molar-refractivity contribution is 0.661. The minimum Gasteiger partial charge on any atom is -0.362 e. The molecule has 0 fully saturated rings. The van der Waals surface area contributed by atoms with Gasteiger partial charge in [-0.05, 0) is 30.5 Å². The second-order valence-electron chi connectivity index (χ2n) is 4.98. The molecule has 2 aromatic rings. The van der Waals surface area contributed by atoms with Crippen LogP contribution in [0, 0.1) is 0 Å². The standard InChI is InChI=1S/C17H23N/c1-2-3-4-8-11-16-12-13-17(18-16)14-15-9-6-5-7-10-15/h5-7,9-10,12-13,18H,2-4,8,11,14H2,1H3. The second kappa shape index (κ2) is 7.05. The summed E-state index contributed by atoms with van der Waals surface area (Å²) in [6.07, 6.45) is 7.52. The molecule has 96 valence electrons. The Morgan fingerprint density at radius 2 is 1.61 bits per heavy atom. The van der Waals surface area contributed by atoms with Gasteiger partial charge in [-0.15, -0.1) is 0 Å². The highest BCUT2D eigenvalue weighted by Crippen LogP contribution is 2.11. The average Bonchev–Trinajstić information content (AvgIpc) is 2.84. The smallest absolute Gasteiger partial charge is 0.0193 e. The monoisotopic (exact) mass is 241 g/mol. The Hall–Kier alpha value is -1.50. The zero-order valence-electron chi connectivity index (χ0n) is 11.3. The maximum Gasteiger partial charge on any atom is 0.0193 e. The molecule has 0 aliphatic carbocycles. The van der Waals surface area contributed by atoms with Crippen molar-refractivity contribution in [2.75, 3.05) is 0 Å². The molecule has 0 aliphatic heterocycles. The van der Waals surface area contributed by atoms with Gasteiger partial charge in [0.15, 0.2) is 0 Å². The fraction of sp³-hybridized carbons (Fsp3) is 0.412. The topological polar surface area (TPSA) is 15.8 Å². The molecule has 1 aromatic carbocycles. The molecule has 1 N–H and O–H groups in total. The fourth-order valence-corrected chi connectivity index (χ4v) is 2.30. The van der Waals surface area contributed by atoms with Crippen LogP contribution in [0.1, 0.15) is 49.6 Å². The van der Waals surface area contributed by atoms with Crippen LogP contribution < -0.4 is 0 Å². The largest absolute Gasteiger partial charge is 0.362 e. The maximum absolute atomic E-state index is 3.54. The quantitative estimate of drug-likeness (QED) is 0.675. The third-order valence-electron chi connectivity index (χ3n) is 3.34. The lowest BCUT2D eigenvalue weighted by Gasteiger charge is -2.00. The van der Waals surface area contributed by atoms with Crippen LogP contribution in [-0.2, 0) is 12.8 Å². The number of rotatable bonds is 7. The zero-order valence-corrected chi connectivity index (χ0v) is 11.3. The molecule has 0 atom stereocenters. The molecule has 0 amide bonds. The van der Waals surface area contributed by atoms with E-state index in [0.717, 1.165) is 6.42 Å². The number of unbranched alkanes of at least 4 members (excludes halogenated alkanes) is 3. The molecule has 1 nitrogen and oxygen atoms in total. The van der Waals surface area contributed by atoms with Crippen molar-refractivity contribution in [3.63, 3.8) is 0 Å². The van der Waals surface area contributed by atoms with E-state index in [0.29, 0.717) is 0 Å². The third kappa shape index (κ3) is 4.06. The van der Waals surface area contributed by atoms with Gasteiger partial charge < -0.3 is 4.98 Å². The number of aryl methyl sites for hydroxylation is 1. The SMILES string of the molecule is CCCCCCc1ccc(Cc2ccccc2)[nH]1. The van der Waals surface area contributed by atoms with Crippen molar-refractivity contribution >= 4 is 0 Å². The summed E-state index contributed by atoms with van der Waals surface area (Å²) in [5.74, 6) is 0. The molecule has 2 rings (SSSR count). The average molecular weight is 241 g/mol. The minimum atomic E-state index is 1.01. The zero-order chi connectivity index (χ0) is 12.6. The molecule has 0 saturated heterocycles. The van der Waals surface area contributed by atoms with Crippen molar-refractivity contribution in [1.29, 1.82) is 0 Å². The second-order valence-corrected chi connectivity index (χ2v) is 4.98. The summed E-state index contributed by atoms with van der Waals surface area (Å²) in [5, 5.41) is 0. The van der Waals surface area contributed by atoms with Crippen LogP contribution >= 0.6 is 0 Å². The molecular formula is C17H23N. The van der Waals surface area contributed by atoms with E-state index < -0.39 is 0 Å². The van der Waals surface area contributed by atoms with Gasteiger partial charge >= 0.3 is 0 Å². The van der Waals surface area contributed by atoms with Gasteiger partial charge in [-0.1, -0.05) is 56.5 Å². The van der Waals surface area contributed by atoms with Crippen molar-refractivity contribution < 1.29 is 0 Å². The Balaban J connectivity index is 1.83. The summed E-state index contributed by atoms with van der Waals surface area (Å²) in [6, 6.07) is 15.1. The molecule has 0 bridgehead atoms. The summed E-state index contributed by atoms with van der Waals surface area (Å²) in [4.78, 5) is 3.54. The molecule has 18 heavy (non-hydrogen) atoms. The fourth-order valence-electron chi connectivity index (χ4n) is 2.30. The van der Waals surface area contributed by atoms with Crippen LogP contribution in [0.25, 0.3) is 0 Å². The van der Waals surface area contributed by atoms with Gasteiger partial charge in [-0.3, -0.25) is 0 Å². The van der Waals surface area contributed by atoms with Crippen molar-refractivity contribution in [3.8, 4) is 0 Å². The van der Waals surface area contributed by atoms with Gasteiger partial charge in [0.1, 0.15) is 0 Å². The Bertz CT molecular complexity index is 442. The molecule has 1 heteroatoms. The van der Waals surface area contributed by atoms with Gasteiger partial charge in [-0.25, -0.2) is 0 Å². The summed E-state index contributed by atoms with van der Waals surface area (Å²) >= 11 is 0. The first-order valence-corrected chi connectivity index (χ1v) is 7.09. The Morgan fingerprint density at radius 3 is 2.39 bits per heavy atom. The van der Waals surface area contributed by atoms with Gasteiger partial charge in [0, 0.05) is 17.8 Å².